The van der Waals surface area contributed by atoms with Gasteiger partial charge in [0.25, 0.3) is 0 Å². The number of rotatable bonds is 7. The molecule has 0 amide bonds. The van der Waals surface area contributed by atoms with Gasteiger partial charge >= 0.3 is 5.63 Å². The molecule has 0 aliphatic heterocycles. The number of nitrogens with zero attached hydrogens (tertiary/aromatic N) is 1. The number of ether oxygens (including phenoxy) is 1. The van der Waals surface area contributed by atoms with E-state index in [0.717, 1.165) is 28.8 Å². The van der Waals surface area contributed by atoms with Gasteiger partial charge in [-0.2, -0.15) is 0 Å². The summed E-state index contributed by atoms with van der Waals surface area (Å²) in [6.07, 6.45) is 4.71. The molecule has 3 rings (SSSR count). The van der Waals surface area contributed by atoms with E-state index in [4.69, 9.17) is 9.15 Å². The van der Waals surface area contributed by atoms with E-state index in [2.05, 4.69) is 27.8 Å². The predicted octanol–water partition coefficient (Wildman–Crippen LogP) is 5.58. The van der Waals surface area contributed by atoms with Crippen molar-refractivity contribution in [3.05, 3.63) is 57.4 Å². The van der Waals surface area contributed by atoms with Crippen LogP contribution in [-0.2, 0) is 0 Å². The van der Waals surface area contributed by atoms with Crippen LogP contribution in [0.1, 0.15) is 32.6 Å². The first-order valence-electron chi connectivity index (χ1n) is 8.51. The molecule has 1 aromatic heterocycles. The van der Waals surface area contributed by atoms with Gasteiger partial charge < -0.3 is 9.15 Å². The molecule has 130 valence electrons. The van der Waals surface area contributed by atoms with Crippen molar-refractivity contribution in [2.45, 2.75) is 32.6 Å². The van der Waals surface area contributed by atoms with Gasteiger partial charge in [0.1, 0.15) is 5.75 Å². The fraction of sp³-hybridized carbons (Fsp3) is 0.300. The standard InChI is InChI=1S/C20H20BrNO3/c1-2-3-4-5-12-24-16-9-6-14(7-10-16)19-22-18-11-8-15(21)13-17(18)20(23)25-19/h6-11,13H,2-5,12H2,1H3. The van der Waals surface area contributed by atoms with Crippen molar-refractivity contribution in [3.63, 3.8) is 0 Å². The molecule has 4 nitrogen and oxygen atoms in total. The van der Waals surface area contributed by atoms with Crippen molar-refractivity contribution in [1.29, 1.82) is 0 Å². The molecule has 5 heteroatoms. The van der Waals surface area contributed by atoms with E-state index in [1.807, 2.05) is 30.3 Å². The molecular weight excluding hydrogens is 382 g/mol. The van der Waals surface area contributed by atoms with E-state index >= 15 is 0 Å². The third kappa shape index (κ3) is 4.48. The zero-order valence-corrected chi connectivity index (χ0v) is 15.7. The lowest BCUT2D eigenvalue weighted by atomic mass is 10.2. The van der Waals surface area contributed by atoms with Gasteiger partial charge in [-0.15, -0.1) is 0 Å². The second-order valence-electron chi connectivity index (χ2n) is 5.90. The van der Waals surface area contributed by atoms with Crippen LogP contribution in [0.25, 0.3) is 22.4 Å². The normalized spacial score (nSPS) is 11.0. The van der Waals surface area contributed by atoms with Gasteiger partial charge in [-0.25, -0.2) is 9.78 Å². The average molecular weight is 402 g/mol. The number of fused-ring (bicyclic) bond motifs is 1. The van der Waals surface area contributed by atoms with Crippen LogP contribution in [0.2, 0.25) is 0 Å². The summed E-state index contributed by atoms with van der Waals surface area (Å²) in [6.45, 7) is 2.91. The van der Waals surface area contributed by atoms with Crippen molar-refractivity contribution in [3.8, 4) is 17.2 Å². The summed E-state index contributed by atoms with van der Waals surface area (Å²) in [4.78, 5) is 16.6. The highest BCUT2D eigenvalue weighted by molar-refractivity contribution is 9.10. The minimum atomic E-state index is -0.391. The molecule has 0 fully saturated rings. The highest BCUT2D eigenvalue weighted by Gasteiger charge is 2.09. The quantitative estimate of drug-likeness (QED) is 0.485. The van der Waals surface area contributed by atoms with E-state index in [1.165, 1.54) is 19.3 Å². The van der Waals surface area contributed by atoms with Crippen molar-refractivity contribution < 1.29 is 9.15 Å². The number of halogens is 1. The highest BCUT2D eigenvalue weighted by atomic mass is 79.9. The Hall–Kier alpha value is -2.14. The second-order valence-corrected chi connectivity index (χ2v) is 6.82. The Balaban J connectivity index is 1.75. The van der Waals surface area contributed by atoms with Crippen LogP contribution in [0, 0.1) is 0 Å². The zero-order valence-electron chi connectivity index (χ0n) is 14.1. The van der Waals surface area contributed by atoms with Crippen LogP contribution < -0.4 is 10.4 Å². The van der Waals surface area contributed by atoms with E-state index in [-0.39, 0.29) is 0 Å². The fourth-order valence-corrected chi connectivity index (χ4v) is 2.94. The van der Waals surface area contributed by atoms with Gasteiger partial charge in [0.15, 0.2) is 0 Å². The van der Waals surface area contributed by atoms with Gasteiger partial charge in [0.05, 0.1) is 17.5 Å². The third-order valence-corrected chi connectivity index (χ3v) is 4.45. The predicted molar refractivity (Wildman–Crippen MR) is 103 cm³/mol. The number of benzene rings is 2. The number of aromatic nitrogens is 1. The van der Waals surface area contributed by atoms with E-state index < -0.39 is 5.63 Å². The maximum Gasteiger partial charge on any atom is 0.347 e. The Morgan fingerprint density at radius 1 is 1.08 bits per heavy atom. The molecule has 0 aliphatic carbocycles. The molecule has 0 N–H and O–H groups in total. The van der Waals surface area contributed by atoms with E-state index in [0.29, 0.717) is 16.8 Å². The average Bonchev–Trinajstić information content (AvgIpc) is 2.62. The molecule has 2 aromatic carbocycles. The van der Waals surface area contributed by atoms with Crippen LogP contribution in [-0.4, -0.2) is 11.6 Å². The molecule has 1 heterocycles. The number of hydrogen-bond acceptors (Lipinski definition) is 4. The molecular formula is C20H20BrNO3. The van der Waals surface area contributed by atoms with E-state index in [1.54, 1.807) is 12.1 Å². The molecule has 0 unspecified atom stereocenters. The monoisotopic (exact) mass is 401 g/mol. The summed E-state index contributed by atoms with van der Waals surface area (Å²) < 4.78 is 11.9. The summed E-state index contributed by atoms with van der Waals surface area (Å²) in [5.41, 5.74) is 0.975. The lowest BCUT2D eigenvalue weighted by Gasteiger charge is -2.07. The maximum atomic E-state index is 12.2. The molecule has 0 spiro atoms. The summed E-state index contributed by atoms with van der Waals surface area (Å²) in [5, 5.41) is 0.463. The summed E-state index contributed by atoms with van der Waals surface area (Å²) in [7, 11) is 0. The first-order chi connectivity index (χ1) is 12.2. The molecule has 3 aromatic rings. The zero-order chi connectivity index (χ0) is 17.6. The first kappa shape index (κ1) is 17.7. The lowest BCUT2D eigenvalue weighted by molar-refractivity contribution is 0.305. The van der Waals surface area contributed by atoms with Gasteiger partial charge in [-0.05, 0) is 48.9 Å². The molecule has 0 radical (unpaired) electrons. The van der Waals surface area contributed by atoms with Crippen LogP contribution in [0.5, 0.6) is 5.75 Å². The Labute approximate surface area is 155 Å². The fourth-order valence-electron chi connectivity index (χ4n) is 2.58. The van der Waals surface area contributed by atoms with E-state index in [9.17, 15) is 4.79 Å². The molecule has 0 atom stereocenters. The Bertz CT molecular complexity index is 903. The number of hydrogen-bond donors (Lipinski definition) is 0. The Morgan fingerprint density at radius 3 is 2.64 bits per heavy atom. The second kappa shape index (κ2) is 8.30. The van der Waals surface area contributed by atoms with Gasteiger partial charge in [0.2, 0.25) is 5.89 Å². The molecule has 0 bridgehead atoms. The largest absolute Gasteiger partial charge is 0.494 e. The number of unbranched alkanes of at least 4 members (excludes halogenated alkanes) is 3. The van der Waals surface area contributed by atoms with Crippen molar-refractivity contribution in [2.75, 3.05) is 6.61 Å². The van der Waals surface area contributed by atoms with Crippen molar-refractivity contribution >= 4 is 26.8 Å². The van der Waals surface area contributed by atoms with Crippen LogP contribution in [0.4, 0.5) is 0 Å². The molecule has 0 saturated heterocycles. The lowest BCUT2D eigenvalue weighted by Crippen LogP contribution is -2.03. The van der Waals surface area contributed by atoms with Crippen LogP contribution >= 0.6 is 15.9 Å². The molecule has 0 aliphatic rings. The maximum absolute atomic E-state index is 12.2. The van der Waals surface area contributed by atoms with Crippen LogP contribution in [0.15, 0.2) is 56.1 Å². The van der Waals surface area contributed by atoms with Crippen molar-refractivity contribution in [2.24, 2.45) is 0 Å². The minimum absolute atomic E-state index is 0.314. The highest BCUT2D eigenvalue weighted by Crippen LogP contribution is 2.23. The first-order valence-corrected chi connectivity index (χ1v) is 9.30. The van der Waals surface area contributed by atoms with Gasteiger partial charge in [-0.3, -0.25) is 0 Å². The summed E-state index contributed by atoms with van der Waals surface area (Å²) >= 11 is 3.35. The summed E-state index contributed by atoms with van der Waals surface area (Å²) in [5.74, 6) is 1.13. The summed E-state index contributed by atoms with van der Waals surface area (Å²) in [6, 6.07) is 12.8. The topological polar surface area (TPSA) is 52.3 Å². The van der Waals surface area contributed by atoms with Crippen molar-refractivity contribution in [1.82, 2.24) is 4.98 Å². The Kier molecular flexibility index (Phi) is 5.87. The molecule has 25 heavy (non-hydrogen) atoms. The SMILES string of the molecule is CCCCCCOc1ccc(-c2nc3ccc(Br)cc3c(=O)o2)cc1. The van der Waals surface area contributed by atoms with Gasteiger partial charge in [0, 0.05) is 10.0 Å². The smallest absolute Gasteiger partial charge is 0.347 e. The minimum Gasteiger partial charge on any atom is -0.494 e. The Morgan fingerprint density at radius 2 is 1.88 bits per heavy atom. The van der Waals surface area contributed by atoms with Gasteiger partial charge in [-0.1, -0.05) is 42.1 Å². The third-order valence-electron chi connectivity index (χ3n) is 3.96. The van der Waals surface area contributed by atoms with Crippen LogP contribution in [0.3, 0.4) is 0 Å². The molecule has 0 saturated carbocycles.